The van der Waals surface area contributed by atoms with E-state index in [9.17, 15) is 4.79 Å². The van der Waals surface area contributed by atoms with Crippen molar-refractivity contribution in [3.63, 3.8) is 0 Å². The van der Waals surface area contributed by atoms with Gasteiger partial charge in [-0.05, 0) is 12.5 Å². The summed E-state index contributed by atoms with van der Waals surface area (Å²) >= 11 is 0. The molecule has 1 fully saturated rings. The second-order valence-corrected chi connectivity index (χ2v) is 6.67. The molecular weight excluding hydrogens is 334 g/mol. The normalized spacial score (nSPS) is 20.0. The van der Waals surface area contributed by atoms with Crippen molar-refractivity contribution in [3.05, 3.63) is 24.5 Å². The van der Waals surface area contributed by atoms with Crippen LogP contribution in [0.25, 0.3) is 11.4 Å². The van der Waals surface area contributed by atoms with Crippen LogP contribution in [0, 0.1) is 0 Å². The third-order valence-electron chi connectivity index (χ3n) is 4.97. The molecule has 3 heterocycles. The molecule has 0 unspecified atom stereocenters. The number of carbonyl (C=O) groups excluding carboxylic acids is 1. The smallest absolute Gasteiger partial charge is 0.222 e. The van der Waals surface area contributed by atoms with Crippen LogP contribution in [0.1, 0.15) is 25.3 Å². The Bertz CT molecular complexity index is 817. The molecule has 26 heavy (non-hydrogen) atoms. The number of piperidine rings is 1. The summed E-state index contributed by atoms with van der Waals surface area (Å²) in [7, 11) is 3.49. The third-order valence-corrected chi connectivity index (χ3v) is 4.97. The van der Waals surface area contributed by atoms with E-state index in [1.807, 2.05) is 25.4 Å². The van der Waals surface area contributed by atoms with Crippen molar-refractivity contribution in [1.82, 2.24) is 14.5 Å². The summed E-state index contributed by atoms with van der Waals surface area (Å²) in [6.07, 6.45) is 5.96. The van der Waals surface area contributed by atoms with Gasteiger partial charge in [0.15, 0.2) is 11.5 Å². The second-order valence-electron chi connectivity index (χ2n) is 6.67. The van der Waals surface area contributed by atoms with Crippen molar-refractivity contribution < 1.29 is 19.0 Å². The monoisotopic (exact) mass is 357 g/mol. The highest BCUT2D eigenvalue weighted by molar-refractivity contribution is 5.77. The van der Waals surface area contributed by atoms with Gasteiger partial charge in [0.25, 0.3) is 0 Å². The van der Waals surface area contributed by atoms with E-state index in [1.165, 1.54) is 0 Å². The zero-order valence-corrected chi connectivity index (χ0v) is 15.1. The van der Waals surface area contributed by atoms with Gasteiger partial charge in [0, 0.05) is 44.9 Å². The number of imidazole rings is 1. The summed E-state index contributed by atoms with van der Waals surface area (Å²) in [6.45, 7) is 1.93. The zero-order chi connectivity index (χ0) is 18.1. The molecule has 0 aliphatic carbocycles. The van der Waals surface area contributed by atoms with Crippen molar-refractivity contribution in [1.29, 1.82) is 0 Å². The number of aromatic nitrogens is 2. The van der Waals surface area contributed by atoms with Gasteiger partial charge in [-0.3, -0.25) is 4.79 Å². The summed E-state index contributed by atoms with van der Waals surface area (Å²) in [4.78, 5) is 18.2. The number of hydrogen-bond acceptors (Lipinski definition) is 5. The largest absolute Gasteiger partial charge is 0.496 e. The fraction of sp³-hybridized carbons (Fsp3) is 0.474. The molecule has 7 heteroatoms. The maximum Gasteiger partial charge on any atom is 0.222 e. The zero-order valence-electron chi connectivity index (χ0n) is 15.1. The Balaban J connectivity index is 1.73. The fourth-order valence-corrected chi connectivity index (χ4v) is 3.57. The first kappa shape index (κ1) is 16.8. The van der Waals surface area contributed by atoms with E-state index in [-0.39, 0.29) is 11.9 Å². The molecule has 0 spiro atoms. The van der Waals surface area contributed by atoms with Crippen LogP contribution >= 0.6 is 0 Å². The lowest BCUT2D eigenvalue weighted by Crippen LogP contribution is -2.37. The van der Waals surface area contributed by atoms with Gasteiger partial charge < -0.3 is 23.7 Å². The predicted molar refractivity (Wildman–Crippen MR) is 95.7 cm³/mol. The summed E-state index contributed by atoms with van der Waals surface area (Å²) in [5.41, 5.74) is 0.862. The van der Waals surface area contributed by atoms with E-state index in [0.717, 1.165) is 24.2 Å². The van der Waals surface area contributed by atoms with Gasteiger partial charge in [-0.15, -0.1) is 0 Å². The summed E-state index contributed by atoms with van der Waals surface area (Å²) < 4.78 is 19.3. The Morgan fingerprint density at radius 2 is 2.00 bits per heavy atom. The lowest BCUT2D eigenvalue weighted by Gasteiger charge is -2.31. The summed E-state index contributed by atoms with van der Waals surface area (Å²) in [5.74, 6) is 3.11. The Labute approximate surface area is 152 Å². The molecular formula is C19H23N3O4. The standard InChI is InChI=1S/C19H23N3O4/c1-21-12-13(4-5-18(21)23)22-7-6-20-19(22)14-10-16-17(11-15(14)24-2)26-9-3-8-25-16/h6-7,10-11,13H,3-5,8-9,12H2,1-2H3/t13-/m1/s1. The van der Waals surface area contributed by atoms with E-state index < -0.39 is 0 Å². The van der Waals surface area contributed by atoms with Crippen molar-refractivity contribution >= 4 is 5.91 Å². The maximum atomic E-state index is 11.8. The topological polar surface area (TPSA) is 65.8 Å². The van der Waals surface area contributed by atoms with E-state index in [0.29, 0.717) is 43.4 Å². The molecule has 0 saturated carbocycles. The van der Waals surface area contributed by atoms with E-state index in [4.69, 9.17) is 14.2 Å². The number of amides is 1. The number of benzene rings is 1. The number of likely N-dealkylation sites (N-methyl/N-ethyl adjacent to an activating group) is 1. The molecule has 2 aliphatic heterocycles. The molecule has 1 amide bonds. The molecule has 2 aromatic rings. The van der Waals surface area contributed by atoms with Gasteiger partial charge in [-0.25, -0.2) is 4.98 Å². The number of ether oxygens (including phenoxy) is 3. The highest BCUT2D eigenvalue weighted by Crippen LogP contribution is 2.41. The van der Waals surface area contributed by atoms with Crippen molar-refractivity contribution in [3.8, 4) is 28.6 Å². The minimum absolute atomic E-state index is 0.191. The third kappa shape index (κ3) is 2.98. The molecule has 0 N–H and O–H groups in total. The van der Waals surface area contributed by atoms with Crippen LogP contribution in [0.4, 0.5) is 0 Å². The molecule has 1 aromatic heterocycles. The van der Waals surface area contributed by atoms with Crippen LogP contribution in [-0.2, 0) is 4.79 Å². The minimum Gasteiger partial charge on any atom is -0.496 e. The lowest BCUT2D eigenvalue weighted by molar-refractivity contribution is -0.132. The second kappa shape index (κ2) is 6.90. The van der Waals surface area contributed by atoms with Gasteiger partial charge in [0.05, 0.1) is 31.9 Å². The molecule has 2 aliphatic rings. The van der Waals surface area contributed by atoms with Gasteiger partial charge in [-0.1, -0.05) is 0 Å². The molecule has 0 radical (unpaired) electrons. The van der Waals surface area contributed by atoms with Crippen molar-refractivity contribution in [2.75, 3.05) is 33.9 Å². The van der Waals surface area contributed by atoms with Crippen LogP contribution in [-0.4, -0.2) is 54.3 Å². The summed E-state index contributed by atoms with van der Waals surface area (Å²) in [5, 5.41) is 0. The number of likely N-dealkylation sites (tertiary alicyclic amines) is 1. The molecule has 0 bridgehead atoms. The molecule has 1 atom stereocenters. The molecule has 4 rings (SSSR count). The van der Waals surface area contributed by atoms with Gasteiger partial charge in [0.1, 0.15) is 11.6 Å². The fourth-order valence-electron chi connectivity index (χ4n) is 3.57. The SMILES string of the molecule is COc1cc2c(cc1-c1nccn1[C@@H]1CCC(=O)N(C)C1)OCCCO2. The van der Waals surface area contributed by atoms with Crippen LogP contribution in [0.15, 0.2) is 24.5 Å². The van der Waals surface area contributed by atoms with Gasteiger partial charge in [0.2, 0.25) is 5.91 Å². The number of methoxy groups -OCH3 is 1. The average molecular weight is 357 g/mol. The highest BCUT2D eigenvalue weighted by Gasteiger charge is 2.27. The Kier molecular flexibility index (Phi) is 4.44. The number of fused-ring (bicyclic) bond motifs is 1. The number of nitrogens with zero attached hydrogens (tertiary/aromatic N) is 3. The van der Waals surface area contributed by atoms with Crippen LogP contribution in [0.2, 0.25) is 0 Å². The molecule has 7 nitrogen and oxygen atoms in total. The van der Waals surface area contributed by atoms with Crippen LogP contribution < -0.4 is 14.2 Å². The molecule has 1 aromatic carbocycles. The van der Waals surface area contributed by atoms with Gasteiger partial charge >= 0.3 is 0 Å². The lowest BCUT2D eigenvalue weighted by atomic mass is 10.0. The Morgan fingerprint density at radius 3 is 2.73 bits per heavy atom. The average Bonchev–Trinajstić information content (AvgIpc) is 3.02. The maximum absolute atomic E-state index is 11.8. The highest BCUT2D eigenvalue weighted by atomic mass is 16.5. The molecule has 1 saturated heterocycles. The van der Waals surface area contributed by atoms with Crippen LogP contribution in [0.5, 0.6) is 17.2 Å². The predicted octanol–water partition coefficient (Wildman–Crippen LogP) is 2.51. The first-order valence-electron chi connectivity index (χ1n) is 8.92. The first-order valence-corrected chi connectivity index (χ1v) is 8.92. The number of hydrogen-bond donors (Lipinski definition) is 0. The first-order chi connectivity index (χ1) is 12.7. The van der Waals surface area contributed by atoms with Crippen LogP contribution in [0.3, 0.4) is 0 Å². The number of carbonyl (C=O) groups is 1. The van der Waals surface area contributed by atoms with E-state index in [2.05, 4.69) is 9.55 Å². The Morgan fingerprint density at radius 1 is 1.23 bits per heavy atom. The van der Waals surface area contributed by atoms with Crippen molar-refractivity contribution in [2.45, 2.75) is 25.3 Å². The van der Waals surface area contributed by atoms with E-state index >= 15 is 0 Å². The van der Waals surface area contributed by atoms with Crippen molar-refractivity contribution in [2.24, 2.45) is 0 Å². The Hall–Kier alpha value is -2.70. The van der Waals surface area contributed by atoms with Gasteiger partial charge in [-0.2, -0.15) is 0 Å². The number of rotatable bonds is 3. The van der Waals surface area contributed by atoms with E-state index in [1.54, 1.807) is 18.2 Å². The quantitative estimate of drug-likeness (QED) is 0.844. The summed E-state index contributed by atoms with van der Waals surface area (Å²) in [6, 6.07) is 4.00. The molecule has 138 valence electrons. The minimum atomic E-state index is 0.191.